The highest BCUT2D eigenvalue weighted by atomic mass is 16.5. The second kappa shape index (κ2) is 26.0. The molecular weight excluding hydrogens is 640 g/mol. The van der Waals surface area contributed by atoms with Crippen LogP contribution in [-0.4, -0.2) is 63.8 Å². The molecule has 0 unspecified atom stereocenters. The number of benzene rings is 3. The Morgan fingerprint density at radius 2 is 1.02 bits per heavy atom. The van der Waals surface area contributed by atoms with Gasteiger partial charge in [-0.3, -0.25) is 14.4 Å². The molecule has 0 saturated heterocycles. The van der Waals surface area contributed by atoms with E-state index < -0.39 is 0 Å². The number of Topliss-reactive ketones (excluding diaryl/α,β-unsaturated/α-hetero) is 3. The van der Waals surface area contributed by atoms with Gasteiger partial charge in [0.2, 0.25) is 0 Å². The fraction of sp³-hybridized carbons (Fsp3) is 0.425. The normalized spacial score (nSPS) is 9.88. The summed E-state index contributed by atoms with van der Waals surface area (Å²) >= 11 is 0. The van der Waals surface area contributed by atoms with Gasteiger partial charge in [-0.1, -0.05) is 37.8 Å². The van der Waals surface area contributed by atoms with Crippen molar-refractivity contribution in [1.29, 1.82) is 0 Å². The van der Waals surface area contributed by atoms with Gasteiger partial charge in [0.25, 0.3) is 0 Å². The number of methoxy groups -OCH3 is 3. The number of hydrogen-bond donors (Lipinski definition) is 0. The average Bonchev–Trinajstić information content (AvgIpc) is 3.12. The lowest BCUT2D eigenvalue weighted by Crippen LogP contribution is -2.05. The second-order valence-electron chi connectivity index (χ2n) is 11.3. The van der Waals surface area contributed by atoms with Gasteiger partial charge in [-0.05, 0) is 94.3 Å². The summed E-state index contributed by atoms with van der Waals surface area (Å²) in [5.74, 6) is 1.91. The van der Waals surface area contributed by atoms with E-state index in [0.717, 1.165) is 44.3 Å². The zero-order chi connectivity index (χ0) is 37.1. The Morgan fingerprint density at radius 1 is 0.520 bits per heavy atom. The molecule has 0 heterocycles. The van der Waals surface area contributed by atoms with Gasteiger partial charge in [0.05, 0.1) is 45.7 Å². The summed E-state index contributed by atoms with van der Waals surface area (Å²) in [6.07, 6.45) is 8.39. The monoisotopic (exact) mass is 692 g/mol. The smallest absolute Gasteiger partial charge is 0.337 e. The third-order valence-electron chi connectivity index (χ3n) is 7.24. The van der Waals surface area contributed by atoms with Crippen LogP contribution < -0.4 is 14.2 Å². The number of ether oxygens (including phenoxy) is 5. The standard InChI is InChI=1S/C19H20O5.C12H22O3.C9H10O2/c1-14(20)15-4-8-17(9-5-15)23-12-3-13-24-18-10-6-16(7-11-18)19(21)22-2;1-11(13)9-7-5-3-4-6-8-10-12(14)15-2;1-7(10)8-5-3-4-6-9(8)11-2/h4-11H,3,12-13H2,1-2H3;3-10H2,1-2H3;3-6H,1-2H3. The number of para-hydroxylation sites is 1. The van der Waals surface area contributed by atoms with Crippen LogP contribution in [0.2, 0.25) is 0 Å². The van der Waals surface area contributed by atoms with Crippen LogP contribution in [-0.2, 0) is 19.1 Å². The van der Waals surface area contributed by atoms with E-state index >= 15 is 0 Å². The van der Waals surface area contributed by atoms with Crippen molar-refractivity contribution in [2.75, 3.05) is 34.5 Å². The van der Waals surface area contributed by atoms with Crippen molar-refractivity contribution >= 4 is 29.3 Å². The van der Waals surface area contributed by atoms with Gasteiger partial charge in [0.15, 0.2) is 11.6 Å². The highest BCUT2D eigenvalue weighted by Gasteiger charge is 2.06. The zero-order valence-electron chi connectivity index (χ0n) is 30.3. The van der Waals surface area contributed by atoms with E-state index in [1.54, 1.807) is 74.7 Å². The van der Waals surface area contributed by atoms with Gasteiger partial charge in [-0.2, -0.15) is 0 Å². The molecule has 10 heteroatoms. The van der Waals surface area contributed by atoms with Gasteiger partial charge >= 0.3 is 11.9 Å². The highest BCUT2D eigenvalue weighted by Crippen LogP contribution is 2.17. The van der Waals surface area contributed by atoms with E-state index in [2.05, 4.69) is 9.47 Å². The Bertz CT molecular complexity index is 1450. The van der Waals surface area contributed by atoms with E-state index in [9.17, 15) is 24.0 Å². The van der Waals surface area contributed by atoms with Crippen molar-refractivity contribution in [3.05, 3.63) is 89.5 Å². The molecule has 272 valence electrons. The topological polar surface area (TPSA) is 132 Å². The lowest BCUT2D eigenvalue weighted by molar-refractivity contribution is -0.140. The maximum atomic E-state index is 11.3. The summed E-state index contributed by atoms with van der Waals surface area (Å²) in [5, 5.41) is 0. The molecule has 0 spiro atoms. The Hall–Kier alpha value is -4.99. The maximum Gasteiger partial charge on any atom is 0.337 e. The average molecular weight is 693 g/mol. The summed E-state index contributed by atoms with van der Waals surface area (Å²) in [5.41, 5.74) is 1.79. The number of rotatable bonds is 19. The minimum absolute atomic E-state index is 0.0300. The van der Waals surface area contributed by atoms with E-state index in [4.69, 9.17) is 14.2 Å². The summed E-state index contributed by atoms with van der Waals surface area (Å²) in [6, 6.07) is 21.0. The third-order valence-corrected chi connectivity index (χ3v) is 7.24. The minimum atomic E-state index is -0.370. The zero-order valence-corrected chi connectivity index (χ0v) is 30.3. The van der Waals surface area contributed by atoms with Crippen molar-refractivity contribution in [2.45, 2.75) is 78.6 Å². The Balaban J connectivity index is 0.000000411. The molecule has 3 aromatic carbocycles. The lowest BCUT2D eigenvalue weighted by atomic mass is 10.1. The number of hydrogen-bond acceptors (Lipinski definition) is 10. The molecule has 3 aromatic rings. The first-order valence-electron chi connectivity index (χ1n) is 16.8. The summed E-state index contributed by atoms with van der Waals surface area (Å²) in [4.78, 5) is 54.8. The van der Waals surface area contributed by atoms with Crippen LogP contribution in [0.5, 0.6) is 17.2 Å². The first-order chi connectivity index (χ1) is 24.0. The van der Waals surface area contributed by atoms with E-state index in [0.29, 0.717) is 60.7 Å². The number of esters is 2. The predicted octanol–water partition coefficient (Wildman–Crippen LogP) is 8.29. The molecule has 0 aliphatic carbocycles. The van der Waals surface area contributed by atoms with Crippen LogP contribution in [0.1, 0.15) is 110 Å². The number of ketones is 3. The molecule has 0 aromatic heterocycles. The number of carbonyl (C=O) groups is 5. The van der Waals surface area contributed by atoms with Crippen molar-refractivity contribution in [3.63, 3.8) is 0 Å². The molecule has 0 saturated carbocycles. The van der Waals surface area contributed by atoms with E-state index in [1.807, 2.05) is 12.1 Å². The summed E-state index contributed by atoms with van der Waals surface area (Å²) in [7, 11) is 4.33. The Kier molecular flexibility index (Phi) is 22.3. The second-order valence-corrected chi connectivity index (χ2v) is 11.3. The number of carbonyl (C=O) groups excluding carboxylic acids is 5. The molecule has 0 fully saturated rings. The van der Waals surface area contributed by atoms with Gasteiger partial charge < -0.3 is 28.5 Å². The van der Waals surface area contributed by atoms with Crippen LogP contribution >= 0.6 is 0 Å². The maximum absolute atomic E-state index is 11.3. The van der Waals surface area contributed by atoms with Crippen LogP contribution in [0.25, 0.3) is 0 Å². The van der Waals surface area contributed by atoms with Crippen molar-refractivity contribution in [1.82, 2.24) is 0 Å². The molecule has 0 bridgehead atoms. The molecular formula is C40H52O10. The van der Waals surface area contributed by atoms with Gasteiger partial charge in [-0.25, -0.2) is 4.79 Å². The van der Waals surface area contributed by atoms with Crippen LogP contribution in [0.3, 0.4) is 0 Å². The Morgan fingerprint density at radius 3 is 1.46 bits per heavy atom. The molecule has 50 heavy (non-hydrogen) atoms. The molecule has 0 N–H and O–H groups in total. The molecule has 10 nitrogen and oxygen atoms in total. The molecule has 0 amide bonds. The first kappa shape index (κ1) is 43.0. The summed E-state index contributed by atoms with van der Waals surface area (Å²) < 4.78 is 25.3. The Labute approximate surface area is 296 Å². The molecule has 0 aliphatic rings. The lowest BCUT2D eigenvalue weighted by Gasteiger charge is -2.08. The largest absolute Gasteiger partial charge is 0.496 e. The van der Waals surface area contributed by atoms with Gasteiger partial charge in [0, 0.05) is 24.8 Å². The van der Waals surface area contributed by atoms with E-state index in [-0.39, 0.29) is 29.3 Å². The van der Waals surface area contributed by atoms with Gasteiger partial charge in [-0.15, -0.1) is 0 Å². The first-order valence-corrected chi connectivity index (χ1v) is 16.8. The fourth-order valence-corrected chi connectivity index (χ4v) is 4.42. The molecule has 3 rings (SSSR count). The number of unbranched alkanes of at least 4 members (excludes halogenated alkanes) is 5. The molecule has 0 aliphatic heterocycles. The molecule has 0 radical (unpaired) electrons. The van der Waals surface area contributed by atoms with Crippen LogP contribution in [0, 0.1) is 0 Å². The minimum Gasteiger partial charge on any atom is -0.496 e. The van der Waals surface area contributed by atoms with Crippen molar-refractivity contribution in [3.8, 4) is 17.2 Å². The molecule has 0 atom stereocenters. The van der Waals surface area contributed by atoms with Gasteiger partial charge in [0.1, 0.15) is 23.0 Å². The summed E-state index contributed by atoms with van der Waals surface area (Å²) in [6.45, 7) is 5.71. The van der Waals surface area contributed by atoms with Crippen LogP contribution in [0.4, 0.5) is 0 Å². The predicted molar refractivity (Wildman–Crippen MR) is 192 cm³/mol. The SMILES string of the molecule is COC(=O)CCCCCCCCC(C)=O.COC(=O)c1ccc(OCCCOc2ccc(C(C)=O)cc2)cc1.COc1ccccc1C(C)=O. The van der Waals surface area contributed by atoms with Crippen molar-refractivity contribution < 1.29 is 47.7 Å². The van der Waals surface area contributed by atoms with E-state index in [1.165, 1.54) is 28.1 Å². The highest BCUT2D eigenvalue weighted by molar-refractivity contribution is 5.96. The fourth-order valence-electron chi connectivity index (χ4n) is 4.42. The van der Waals surface area contributed by atoms with Crippen molar-refractivity contribution in [2.24, 2.45) is 0 Å². The quantitative estimate of drug-likeness (QED) is 0.0687. The van der Waals surface area contributed by atoms with Crippen LogP contribution in [0.15, 0.2) is 72.8 Å². The third kappa shape index (κ3) is 19.1.